The van der Waals surface area contributed by atoms with Gasteiger partial charge in [-0.05, 0) is 36.4 Å². The fraction of sp³-hybridized carbons (Fsp3) is 0.0588. The van der Waals surface area contributed by atoms with Gasteiger partial charge in [0.25, 0.3) is 0 Å². The van der Waals surface area contributed by atoms with Crippen LogP contribution in [0.25, 0.3) is 10.9 Å². The van der Waals surface area contributed by atoms with Gasteiger partial charge < -0.3 is 4.74 Å². The molecule has 3 nitrogen and oxygen atoms in total. The quantitative estimate of drug-likeness (QED) is 0.721. The molecule has 0 saturated heterocycles. The van der Waals surface area contributed by atoms with Gasteiger partial charge in [-0.15, -0.1) is 0 Å². The molecule has 1 heterocycles. The molecule has 0 spiro atoms. The number of nitriles is 1. The Bertz CT molecular complexity index is 773. The number of hydrogen-bond donors (Lipinski definition) is 0. The van der Waals surface area contributed by atoms with E-state index in [-0.39, 0.29) is 0 Å². The first kappa shape index (κ1) is 12.2. The first-order chi connectivity index (χ1) is 9.85. The van der Waals surface area contributed by atoms with Crippen LogP contribution in [0.5, 0.6) is 5.75 Å². The molecular formula is C17H12N2O. The zero-order valence-electron chi connectivity index (χ0n) is 10.8. The predicted octanol–water partition coefficient (Wildman–Crippen LogP) is 3.69. The summed E-state index contributed by atoms with van der Waals surface area (Å²) in [4.78, 5) is 4.55. The highest BCUT2D eigenvalue weighted by Gasteiger charge is 2.00. The Morgan fingerprint density at radius 2 is 1.75 bits per heavy atom. The molecule has 0 amide bonds. The van der Waals surface area contributed by atoms with Crippen LogP contribution >= 0.6 is 0 Å². The van der Waals surface area contributed by atoms with E-state index in [1.165, 1.54) is 0 Å². The van der Waals surface area contributed by atoms with Crippen LogP contribution in [0, 0.1) is 11.3 Å². The monoisotopic (exact) mass is 260 g/mol. The van der Waals surface area contributed by atoms with Crippen LogP contribution in [0.15, 0.2) is 60.7 Å². The number of rotatable bonds is 3. The summed E-state index contributed by atoms with van der Waals surface area (Å²) in [5, 5.41) is 9.86. The number of hydrogen-bond acceptors (Lipinski definition) is 3. The van der Waals surface area contributed by atoms with Crippen LogP contribution < -0.4 is 4.74 Å². The Labute approximate surface area is 117 Å². The van der Waals surface area contributed by atoms with E-state index in [0.29, 0.717) is 12.2 Å². The van der Waals surface area contributed by atoms with E-state index in [2.05, 4.69) is 11.1 Å². The van der Waals surface area contributed by atoms with Gasteiger partial charge in [-0.25, -0.2) is 4.98 Å². The van der Waals surface area contributed by atoms with Gasteiger partial charge in [0.15, 0.2) is 0 Å². The van der Waals surface area contributed by atoms with Gasteiger partial charge >= 0.3 is 0 Å². The first-order valence-electron chi connectivity index (χ1n) is 6.33. The van der Waals surface area contributed by atoms with E-state index in [9.17, 15) is 0 Å². The number of nitrogens with zero attached hydrogens (tertiary/aromatic N) is 2. The Morgan fingerprint density at radius 1 is 0.950 bits per heavy atom. The van der Waals surface area contributed by atoms with E-state index in [0.717, 1.165) is 22.3 Å². The van der Waals surface area contributed by atoms with Crippen LogP contribution in [-0.2, 0) is 6.61 Å². The van der Waals surface area contributed by atoms with Crippen molar-refractivity contribution in [3.8, 4) is 11.8 Å². The summed E-state index contributed by atoms with van der Waals surface area (Å²) in [5.74, 6) is 0.735. The number of benzene rings is 2. The van der Waals surface area contributed by atoms with Crippen LogP contribution in [0.2, 0.25) is 0 Å². The van der Waals surface area contributed by atoms with Gasteiger partial charge in [0.1, 0.15) is 12.4 Å². The minimum absolute atomic E-state index is 0.413. The van der Waals surface area contributed by atoms with E-state index < -0.39 is 0 Å². The summed E-state index contributed by atoms with van der Waals surface area (Å²) in [5.41, 5.74) is 2.47. The number of pyridine rings is 1. The molecule has 3 aromatic rings. The van der Waals surface area contributed by atoms with Crippen molar-refractivity contribution in [3.63, 3.8) is 0 Å². The van der Waals surface area contributed by atoms with Crippen molar-refractivity contribution >= 4 is 10.9 Å². The molecule has 0 fully saturated rings. The SMILES string of the molecule is N#Cc1ccc(OCc2ccc3ccccc3n2)cc1. The molecule has 0 aliphatic rings. The highest BCUT2D eigenvalue weighted by atomic mass is 16.5. The molecule has 0 radical (unpaired) electrons. The third-order valence-corrected chi connectivity index (χ3v) is 3.03. The van der Waals surface area contributed by atoms with Crippen molar-refractivity contribution in [1.29, 1.82) is 5.26 Å². The lowest BCUT2D eigenvalue weighted by molar-refractivity contribution is 0.302. The summed E-state index contributed by atoms with van der Waals surface area (Å²) in [6.45, 7) is 0.413. The molecule has 0 bridgehead atoms. The molecule has 3 heteroatoms. The van der Waals surface area contributed by atoms with Crippen molar-refractivity contribution in [2.24, 2.45) is 0 Å². The van der Waals surface area contributed by atoms with Crippen molar-refractivity contribution in [1.82, 2.24) is 4.98 Å². The van der Waals surface area contributed by atoms with E-state index in [4.69, 9.17) is 10.00 Å². The molecule has 20 heavy (non-hydrogen) atoms. The third-order valence-electron chi connectivity index (χ3n) is 3.03. The van der Waals surface area contributed by atoms with Crippen LogP contribution in [0.1, 0.15) is 11.3 Å². The second kappa shape index (κ2) is 5.41. The maximum Gasteiger partial charge on any atom is 0.130 e. The van der Waals surface area contributed by atoms with Gasteiger partial charge in [-0.3, -0.25) is 0 Å². The van der Waals surface area contributed by atoms with E-state index >= 15 is 0 Å². The highest BCUT2D eigenvalue weighted by molar-refractivity contribution is 5.78. The lowest BCUT2D eigenvalue weighted by atomic mass is 10.2. The molecule has 2 aromatic carbocycles. The van der Waals surface area contributed by atoms with Crippen molar-refractivity contribution in [3.05, 3.63) is 71.9 Å². The lowest BCUT2D eigenvalue weighted by Gasteiger charge is -2.06. The Morgan fingerprint density at radius 3 is 2.55 bits per heavy atom. The minimum atomic E-state index is 0.413. The molecule has 3 rings (SSSR count). The summed E-state index contributed by atoms with van der Waals surface area (Å²) in [7, 11) is 0. The fourth-order valence-corrected chi connectivity index (χ4v) is 1.97. The molecule has 1 aromatic heterocycles. The molecule has 0 aliphatic carbocycles. The molecular weight excluding hydrogens is 248 g/mol. The van der Waals surface area contributed by atoms with Gasteiger partial charge in [0, 0.05) is 5.39 Å². The summed E-state index contributed by atoms with van der Waals surface area (Å²) in [6.07, 6.45) is 0. The van der Waals surface area contributed by atoms with Crippen molar-refractivity contribution in [2.75, 3.05) is 0 Å². The summed E-state index contributed by atoms with van der Waals surface area (Å²) in [6, 6.07) is 21.1. The normalized spacial score (nSPS) is 10.2. The highest BCUT2D eigenvalue weighted by Crippen LogP contribution is 2.15. The Kier molecular flexibility index (Phi) is 3.30. The standard InChI is InChI=1S/C17H12N2O/c18-11-13-5-9-16(10-6-13)20-12-15-8-7-14-3-1-2-4-17(14)19-15/h1-10H,12H2. The second-order valence-corrected chi connectivity index (χ2v) is 4.42. The summed E-state index contributed by atoms with van der Waals surface area (Å²) < 4.78 is 5.67. The average Bonchev–Trinajstić information content (AvgIpc) is 2.53. The largest absolute Gasteiger partial charge is 0.487 e. The number of fused-ring (bicyclic) bond motifs is 1. The second-order valence-electron chi connectivity index (χ2n) is 4.42. The molecule has 0 atom stereocenters. The maximum absolute atomic E-state index is 8.74. The Hall–Kier alpha value is -2.86. The number of para-hydroxylation sites is 1. The van der Waals surface area contributed by atoms with Gasteiger partial charge in [-0.2, -0.15) is 5.26 Å². The summed E-state index contributed by atoms with van der Waals surface area (Å²) >= 11 is 0. The predicted molar refractivity (Wildman–Crippen MR) is 77.2 cm³/mol. The van der Waals surface area contributed by atoms with E-state index in [1.54, 1.807) is 24.3 Å². The zero-order chi connectivity index (χ0) is 13.8. The van der Waals surface area contributed by atoms with Crippen LogP contribution in [-0.4, -0.2) is 4.98 Å². The van der Waals surface area contributed by atoms with Crippen molar-refractivity contribution < 1.29 is 4.74 Å². The van der Waals surface area contributed by atoms with Crippen molar-refractivity contribution in [2.45, 2.75) is 6.61 Å². The van der Waals surface area contributed by atoms with Crippen LogP contribution in [0.4, 0.5) is 0 Å². The van der Waals surface area contributed by atoms with Gasteiger partial charge in [0.2, 0.25) is 0 Å². The average molecular weight is 260 g/mol. The smallest absolute Gasteiger partial charge is 0.130 e. The number of ether oxygens (including phenoxy) is 1. The lowest BCUT2D eigenvalue weighted by Crippen LogP contribution is -1.98. The van der Waals surface area contributed by atoms with Crippen LogP contribution in [0.3, 0.4) is 0 Å². The molecule has 0 aliphatic heterocycles. The maximum atomic E-state index is 8.74. The first-order valence-corrected chi connectivity index (χ1v) is 6.33. The molecule has 0 N–H and O–H groups in total. The fourth-order valence-electron chi connectivity index (χ4n) is 1.97. The number of aromatic nitrogens is 1. The Balaban J connectivity index is 1.74. The zero-order valence-corrected chi connectivity index (χ0v) is 10.8. The molecule has 0 unspecified atom stereocenters. The van der Waals surface area contributed by atoms with Gasteiger partial charge in [-0.1, -0.05) is 24.3 Å². The van der Waals surface area contributed by atoms with E-state index in [1.807, 2.05) is 36.4 Å². The minimum Gasteiger partial charge on any atom is -0.487 e. The van der Waals surface area contributed by atoms with Gasteiger partial charge in [0.05, 0.1) is 22.8 Å². The third kappa shape index (κ3) is 2.60. The molecule has 0 saturated carbocycles. The topological polar surface area (TPSA) is 45.9 Å². The molecule has 96 valence electrons.